The topological polar surface area (TPSA) is 113 Å². The van der Waals surface area contributed by atoms with Crippen molar-refractivity contribution in [1.82, 2.24) is 0 Å². The number of benzene rings is 2. The molecular formula is C14H10N2O6. The third-order valence-electron chi connectivity index (χ3n) is 3.00. The summed E-state index contributed by atoms with van der Waals surface area (Å²) in [6.45, 7) is 0.183. The highest BCUT2D eigenvalue weighted by atomic mass is 16.6. The van der Waals surface area contributed by atoms with Gasteiger partial charge in [-0.1, -0.05) is 30.3 Å². The zero-order valence-electron chi connectivity index (χ0n) is 11.1. The van der Waals surface area contributed by atoms with Crippen molar-refractivity contribution >= 4 is 17.8 Å². The molecule has 0 heterocycles. The summed E-state index contributed by atoms with van der Waals surface area (Å²) in [6, 6.07) is 11.6. The fraction of sp³-hybridized carbons (Fsp3) is 0.0714. The molecule has 0 fully saturated rings. The van der Waals surface area contributed by atoms with Crippen LogP contribution in [0.4, 0.5) is 11.4 Å². The molecule has 112 valence electrons. The first-order valence-electron chi connectivity index (χ1n) is 6.11. The predicted molar refractivity (Wildman–Crippen MR) is 75.2 cm³/mol. The van der Waals surface area contributed by atoms with E-state index in [9.17, 15) is 25.0 Å². The molecule has 0 N–H and O–H groups in total. The summed E-state index contributed by atoms with van der Waals surface area (Å²) in [6.07, 6.45) is -1.01. The van der Waals surface area contributed by atoms with E-state index in [1.54, 1.807) is 30.3 Å². The van der Waals surface area contributed by atoms with Crippen LogP contribution < -0.4 is 0 Å². The lowest BCUT2D eigenvalue weighted by Gasteiger charge is -2.15. The maximum atomic E-state index is 11.2. The molecule has 0 saturated carbocycles. The van der Waals surface area contributed by atoms with E-state index in [1.807, 2.05) is 0 Å². The minimum absolute atomic E-state index is 0.0638. The molecule has 0 aliphatic rings. The van der Waals surface area contributed by atoms with E-state index in [0.29, 0.717) is 5.56 Å². The first kappa shape index (κ1) is 15.1. The number of ether oxygens (including phenoxy) is 1. The predicted octanol–water partition coefficient (Wildman–Crippen LogP) is 2.77. The van der Waals surface area contributed by atoms with Gasteiger partial charge in [0.15, 0.2) is 6.10 Å². The lowest BCUT2D eigenvalue weighted by molar-refractivity contribution is -0.394. The minimum Gasteiger partial charge on any atom is -0.454 e. The van der Waals surface area contributed by atoms with Gasteiger partial charge in [0.1, 0.15) is 0 Å². The number of nitro groups is 2. The highest BCUT2D eigenvalue weighted by molar-refractivity contribution is 5.53. The molecule has 0 saturated heterocycles. The number of carbonyl (C=O) groups is 1. The number of non-ortho nitro benzene ring substituents is 1. The second kappa shape index (κ2) is 6.44. The fourth-order valence-electron chi connectivity index (χ4n) is 2.04. The third-order valence-corrected chi connectivity index (χ3v) is 3.00. The van der Waals surface area contributed by atoms with E-state index in [-0.39, 0.29) is 12.0 Å². The third kappa shape index (κ3) is 3.06. The standard InChI is InChI=1S/C14H10N2O6/c17-9-22-14(10-4-2-1-3-5-10)12-7-6-11(15(18)19)8-13(12)16(20)21/h1-9,14H. The van der Waals surface area contributed by atoms with Gasteiger partial charge in [0.25, 0.3) is 17.8 Å². The molecule has 1 atom stereocenters. The van der Waals surface area contributed by atoms with Crippen molar-refractivity contribution < 1.29 is 19.4 Å². The summed E-state index contributed by atoms with van der Waals surface area (Å²) in [4.78, 5) is 31.2. The lowest BCUT2D eigenvalue weighted by atomic mass is 9.99. The number of nitro benzene ring substituents is 2. The molecule has 0 amide bonds. The molecule has 0 bridgehead atoms. The summed E-state index contributed by atoms with van der Waals surface area (Å²) in [5.74, 6) is 0. The smallest absolute Gasteiger partial charge is 0.294 e. The normalized spacial score (nSPS) is 11.5. The maximum absolute atomic E-state index is 11.2. The molecule has 0 radical (unpaired) electrons. The van der Waals surface area contributed by atoms with Crippen LogP contribution in [0.1, 0.15) is 17.2 Å². The molecule has 1 unspecified atom stereocenters. The molecule has 0 aromatic heterocycles. The molecule has 0 spiro atoms. The Morgan fingerprint density at radius 1 is 1.00 bits per heavy atom. The molecular weight excluding hydrogens is 292 g/mol. The number of carbonyl (C=O) groups excluding carboxylic acids is 1. The van der Waals surface area contributed by atoms with Gasteiger partial charge in [-0.25, -0.2) is 0 Å². The Labute approximate surface area is 124 Å². The number of nitrogens with zero attached hydrogens (tertiary/aromatic N) is 2. The van der Waals surface area contributed by atoms with Crippen molar-refractivity contribution in [3.63, 3.8) is 0 Å². The quantitative estimate of drug-likeness (QED) is 0.460. The minimum atomic E-state index is -1.01. The second-order valence-corrected chi connectivity index (χ2v) is 4.28. The summed E-state index contributed by atoms with van der Waals surface area (Å²) < 4.78 is 4.95. The van der Waals surface area contributed by atoms with Crippen molar-refractivity contribution in [3.05, 3.63) is 79.9 Å². The summed E-state index contributed by atoms with van der Waals surface area (Å²) in [7, 11) is 0. The first-order chi connectivity index (χ1) is 10.5. The van der Waals surface area contributed by atoms with Crippen molar-refractivity contribution in [2.75, 3.05) is 0 Å². The summed E-state index contributed by atoms with van der Waals surface area (Å²) in [5, 5.41) is 21.9. The number of hydrogen-bond donors (Lipinski definition) is 0. The van der Waals surface area contributed by atoms with E-state index in [1.165, 1.54) is 6.07 Å². The van der Waals surface area contributed by atoms with E-state index in [0.717, 1.165) is 12.1 Å². The number of rotatable bonds is 6. The first-order valence-corrected chi connectivity index (χ1v) is 6.11. The molecule has 8 heteroatoms. The molecule has 0 aliphatic heterocycles. The van der Waals surface area contributed by atoms with E-state index in [4.69, 9.17) is 4.74 Å². The highest BCUT2D eigenvalue weighted by Gasteiger charge is 2.27. The van der Waals surface area contributed by atoms with Gasteiger partial charge in [0.2, 0.25) is 0 Å². The SMILES string of the molecule is O=COC(c1ccccc1)c1ccc([N+](=O)[O-])cc1[N+](=O)[O-]. The summed E-state index contributed by atoms with van der Waals surface area (Å²) >= 11 is 0. The zero-order chi connectivity index (χ0) is 16.1. The van der Waals surface area contributed by atoms with Crippen molar-refractivity contribution in [1.29, 1.82) is 0 Å². The molecule has 2 aromatic rings. The van der Waals surface area contributed by atoms with Crippen LogP contribution in [0.5, 0.6) is 0 Å². The van der Waals surface area contributed by atoms with Gasteiger partial charge in [-0.3, -0.25) is 25.0 Å². The van der Waals surface area contributed by atoms with E-state index >= 15 is 0 Å². The Balaban J connectivity index is 2.58. The maximum Gasteiger partial charge on any atom is 0.294 e. The second-order valence-electron chi connectivity index (χ2n) is 4.28. The van der Waals surface area contributed by atoms with Crippen LogP contribution in [0.2, 0.25) is 0 Å². The Bertz CT molecular complexity index is 717. The fourth-order valence-corrected chi connectivity index (χ4v) is 2.04. The van der Waals surface area contributed by atoms with Crippen molar-refractivity contribution in [2.24, 2.45) is 0 Å². The van der Waals surface area contributed by atoms with Gasteiger partial charge >= 0.3 is 0 Å². The van der Waals surface area contributed by atoms with Crippen LogP contribution in [-0.2, 0) is 9.53 Å². The lowest BCUT2D eigenvalue weighted by Crippen LogP contribution is -2.08. The summed E-state index contributed by atoms with van der Waals surface area (Å²) in [5.41, 5.74) is -0.307. The van der Waals surface area contributed by atoms with Gasteiger partial charge in [-0.15, -0.1) is 0 Å². The Morgan fingerprint density at radius 2 is 1.68 bits per heavy atom. The van der Waals surface area contributed by atoms with Crippen molar-refractivity contribution in [3.8, 4) is 0 Å². The Hall–Kier alpha value is -3.29. The largest absolute Gasteiger partial charge is 0.454 e. The molecule has 0 aliphatic carbocycles. The van der Waals surface area contributed by atoms with Gasteiger partial charge in [0, 0.05) is 6.07 Å². The highest BCUT2D eigenvalue weighted by Crippen LogP contribution is 2.34. The molecule has 2 rings (SSSR count). The average molecular weight is 302 g/mol. The average Bonchev–Trinajstić information content (AvgIpc) is 2.52. The van der Waals surface area contributed by atoms with Crippen LogP contribution in [0.25, 0.3) is 0 Å². The monoisotopic (exact) mass is 302 g/mol. The van der Waals surface area contributed by atoms with Gasteiger partial charge in [-0.05, 0) is 11.6 Å². The van der Waals surface area contributed by atoms with Crippen LogP contribution in [-0.4, -0.2) is 16.3 Å². The van der Waals surface area contributed by atoms with Crippen LogP contribution in [0, 0.1) is 20.2 Å². The van der Waals surface area contributed by atoms with Gasteiger partial charge in [0.05, 0.1) is 21.5 Å². The van der Waals surface area contributed by atoms with Crippen LogP contribution >= 0.6 is 0 Å². The van der Waals surface area contributed by atoms with Crippen LogP contribution in [0.15, 0.2) is 48.5 Å². The van der Waals surface area contributed by atoms with Crippen LogP contribution in [0.3, 0.4) is 0 Å². The van der Waals surface area contributed by atoms with Gasteiger partial charge < -0.3 is 4.74 Å². The zero-order valence-corrected chi connectivity index (χ0v) is 11.1. The van der Waals surface area contributed by atoms with E-state index in [2.05, 4.69) is 0 Å². The Kier molecular flexibility index (Phi) is 4.42. The molecule has 22 heavy (non-hydrogen) atoms. The molecule has 2 aromatic carbocycles. The van der Waals surface area contributed by atoms with Gasteiger partial charge in [-0.2, -0.15) is 0 Å². The number of hydrogen-bond acceptors (Lipinski definition) is 6. The van der Waals surface area contributed by atoms with Crippen molar-refractivity contribution in [2.45, 2.75) is 6.10 Å². The van der Waals surface area contributed by atoms with E-state index < -0.39 is 27.3 Å². The Morgan fingerprint density at radius 3 is 2.23 bits per heavy atom. The molecule has 8 nitrogen and oxygen atoms in total.